The molecule has 0 aliphatic heterocycles. The lowest BCUT2D eigenvalue weighted by atomic mass is 10.2. The monoisotopic (exact) mass is 433 g/mol. The Morgan fingerprint density at radius 3 is 2.41 bits per heavy atom. The van der Waals surface area contributed by atoms with Gasteiger partial charge in [0, 0.05) is 30.6 Å². The summed E-state index contributed by atoms with van der Waals surface area (Å²) in [5.74, 6) is 0.321. The summed E-state index contributed by atoms with van der Waals surface area (Å²) in [6, 6.07) is 24.2. The highest BCUT2D eigenvalue weighted by atomic mass is 16.5. The molecule has 3 rings (SSSR count). The fraction of sp³-hybridized carbons (Fsp3) is 0.200. The van der Waals surface area contributed by atoms with Gasteiger partial charge in [0.25, 0.3) is 5.91 Å². The molecule has 32 heavy (non-hydrogen) atoms. The van der Waals surface area contributed by atoms with Crippen molar-refractivity contribution < 1.29 is 19.1 Å². The third-order valence-corrected chi connectivity index (χ3v) is 4.56. The standard InChI is InChI=1S/C25H27N3O4/c1-31-15-14-26-25(30)20-8-5-9-22(16-20)28-24(29)17-27-21-10-12-23(13-11-21)32-18-19-6-3-2-4-7-19/h2-13,16,27H,14-15,17-18H2,1H3,(H,26,30)(H,28,29). The number of anilines is 2. The van der Waals surface area contributed by atoms with E-state index in [2.05, 4.69) is 16.0 Å². The van der Waals surface area contributed by atoms with E-state index in [1.807, 2.05) is 54.6 Å². The van der Waals surface area contributed by atoms with Crippen LogP contribution in [0.3, 0.4) is 0 Å². The largest absolute Gasteiger partial charge is 0.489 e. The van der Waals surface area contributed by atoms with Gasteiger partial charge in [-0.2, -0.15) is 0 Å². The maximum Gasteiger partial charge on any atom is 0.251 e. The molecule has 0 heterocycles. The number of rotatable bonds is 11. The molecule has 166 valence electrons. The van der Waals surface area contributed by atoms with Gasteiger partial charge in [0.15, 0.2) is 0 Å². The van der Waals surface area contributed by atoms with Gasteiger partial charge in [-0.05, 0) is 48.0 Å². The second-order valence-electron chi connectivity index (χ2n) is 7.03. The van der Waals surface area contributed by atoms with Gasteiger partial charge >= 0.3 is 0 Å². The number of benzene rings is 3. The molecule has 0 saturated carbocycles. The number of carbonyl (C=O) groups excluding carboxylic acids is 2. The Morgan fingerprint density at radius 1 is 0.875 bits per heavy atom. The Balaban J connectivity index is 1.44. The number of carbonyl (C=O) groups is 2. The molecule has 3 aromatic carbocycles. The number of hydrogen-bond acceptors (Lipinski definition) is 5. The van der Waals surface area contributed by atoms with Crippen molar-refractivity contribution in [2.24, 2.45) is 0 Å². The van der Waals surface area contributed by atoms with E-state index in [9.17, 15) is 9.59 Å². The molecule has 0 radical (unpaired) electrons. The molecule has 0 unspecified atom stereocenters. The van der Waals surface area contributed by atoms with Crippen molar-refractivity contribution in [2.45, 2.75) is 6.61 Å². The summed E-state index contributed by atoms with van der Waals surface area (Å²) in [6.45, 7) is 1.45. The minimum absolute atomic E-state index is 0.0917. The van der Waals surface area contributed by atoms with E-state index in [-0.39, 0.29) is 18.4 Å². The first-order chi connectivity index (χ1) is 15.6. The Bertz CT molecular complexity index is 1010. The minimum atomic E-state index is -0.217. The number of amides is 2. The van der Waals surface area contributed by atoms with Gasteiger partial charge in [-0.15, -0.1) is 0 Å². The lowest BCUT2D eigenvalue weighted by molar-refractivity contribution is -0.114. The second kappa shape index (κ2) is 12.1. The first kappa shape index (κ1) is 22.8. The van der Waals surface area contributed by atoms with Crippen LogP contribution < -0.4 is 20.7 Å². The summed E-state index contributed by atoms with van der Waals surface area (Å²) in [5, 5.41) is 8.62. The first-order valence-electron chi connectivity index (χ1n) is 10.3. The molecule has 0 aliphatic carbocycles. The maximum atomic E-state index is 12.3. The topological polar surface area (TPSA) is 88.7 Å². The lowest BCUT2D eigenvalue weighted by Crippen LogP contribution is -2.27. The zero-order chi connectivity index (χ0) is 22.6. The summed E-state index contributed by atoms with van der Waals surface area (Å²) >= 11 is 0. The second-order valence-corrected chi connectivity index (χ2v) is 7.03. The van der Waals surface area contributed by atoms with Gasteiger partial charge in [0.1, 0.15) is 12.4 Å². The van der Waals surface area contributed by atoms with Gasteiger partial charge in [0.05, 0.1) is 13.2 Å². The van der Waals surface area contributed by atoms with Gasteiger partial charge in [-0.25, -0.2) is 0 Å². The van der Waals surface area contributed by atoms with E-state index < -0.39 is 0 Å². The molecular weight excluding hydrogens is 406 g/mol. The number of nitrogens with one attached hydrogen (secondary N) is 3. The third-order valence-electron chi connectivity index (χ3n) is 4.56. The maximum absolute atomic E-state index is 12.3. The van der Waals surface area contributed by atoms with E-state index in [0.717, 1.165) is 17.0 Å². The predicted octanol–water partition coefficient (Wildman–Crippen LogP) is 3.69. The molecule has 0 atom stereocenters. The summed E-state index contributed by atoms with van der Waals surface area (Å²) in [7, 11) is 1.57. The summed E-state index contributed by atoms with van der Waals surface area (Å²) in [5.41, 5.74) is 2.93. The van der Waals surface area contributed by atoms with Crippen LogP contribution in [0, 0.1) is 0 Å². The first-order valence-corrected chi connectivity index (χ1v) is 10.3. The molecule has 3 N–H and O–H groups in total. The molecule has 0 aliphatic rings. The molecule has 0 fully saturated rings. The Kier molecular flexibility index (Phi) is 8.65. The average molecular weight is 434 g/mol. The van der Waals surface area contributed by atoms with Crippen LogP contribution in [-0.2, 0) is 16.1 Å². The lowest BCUT2D eigenvalue weighted by Gasteiger charge is -2.10. The van der Waals surface area contributed by atoms with E-state index in [0.29, 0.717) is 31.0 Å². The molecular formula is C25H27N3O4. The Hall–Kier alpha value is -3.84. The molecule has 0 saturated heterocycles. The quantitative estimate of drug-likeness (QED) is 0.402. The van der Waals surface area contributed by atoms with Gasteiger partial charge in [-0.1, -0.05) is 36.4 Å². The summed E-state index contributed by atoms with van der Waals surface area (Å²) in [4.78, 5) is 24.4. The van der Waals surface area contributed by atoms with Crippen molar-refractivity contribution in [2.75, 3.05) is 37.4 Å². The summed E-state index contributed by atoms with van der Waals surface area (Å²) in [6.07, 6.45) is 0. The number of hydrogen-bond donors (Lipinski definition) is 3. The highest BCUT2D eigenvalue weighted by molar-refractivity contribution is 5.98. The van der Waals surface area contributed by atoms with Crippen LogP contribution in [0.25, 0.3) is 0 Å². The fourth-order valence-corrected chi connectivity index (χ4v) is 2.90. The zero-order valence-electron chi connectivity index (χ0n) is 18.0. The van der Waals surface area contributed by atoms with Crippen molar-refractivity contribution in [3.63, 3.8) is 0 Å². The van der Waals surface area contributed by atoms with Crippen molar-refractivity contribution in [1.29, 1.82) is 0 Å². The van der Waals surface area contributed by atoms with Gasteiger partial charge in [-0.3, -0.25) is 9.59 Å². The van der Waals surface area contributed by atoms with E-state index in [1.165, 1.54) is 0 Å². The Labute approximate surface area is 187 Å². The van der Waals surface area contributed by atoms with Crippen LogP contribution in [0.4, 0.5) is 11.4 Å². The number of ether oxygens (including phenoxy) is 2. The average Bonchev–Trinajstić information content (AvgIpc) is 2.83. The predicted molar refractivity (Wildman–Crippen MR) is 125 cm³/mol. The van der Waals surface area contributed by atoms with E-state index in [1.54, 1.807) is 31.4 Å². The normalized spacial score (nSPS) is 10.3. The van der Waals surface area contributed by atoms with Gasteiger partial charge in [0.2, 0.25) is 5.91 Å². The molecule has 2 amide bonds. The highest BCUT2D eigenvalue weighted by Gasteiger charge is 2.08. The van der Waals surface area contributed by atoms with Gasteiger partial charge < -0.3 is 25.4 Å². The van der Waals surface area contributed by atoms with Crippen molar-refractivity contribution in [3.05, 3.63) is 90.0 Å². The van der Waals surface area contributed by atoms with Crippen molar-refractivity contribution in [1.82, 2.24) is 5.32 Å². The highest BCUT2D eigenvalue weighted by Crippen LogP contribution is 2.17. The van der Waals surface area contributed by atoms with Crippen molar-refractivity contribution >= 4 is 23.2 Å². The van der Waals surface area contributed by atoms with Crippen LogP contribution in [0.15, 0.2) is 78.9 Å². The van der Waals surface area contributed by atoms with Crippen LogP contribution in [0.1, 0.15) is 15.9 Å². The number of methoxy groups -OCH3 is 1. The Morgan fingerprint density at radius 2 is 1.66 bits per heavy atom. The van der Waals surface area contributed by atoms with Crippen LogP contribution in [-0.4, -0.2) is 38.6 Å². The molecule has 7 heteroatoms. The fourth-order valence-electron chi connectivity index (χ4n) is 2.90. The van der Waals surface area contributed by atoms with Crippen LogP contribution in [0.5, 0.6) is 5.75 Å². The minimum Gasteiger partial charge on any atom is -0.489 e. The smallest absolute Gasteiger partial charge is 0.251 e. The molecule has 0 aromatic heterocycles. The molecule has 7 nitrogen and oxygen atoms in total. The van der Waals surface area contributed by atoms with Crippen LogP contribution in [0.2, 0.25) is 0 Å². The van der Waals surface area contributed by atoms with E-state index in [4.69, 9.17) is 9.47 Å². The third kappa shape index (κ3) is 7.45. The summed E-state index contributed by atoms with van der Waals surface area (Å²) < 4.78 is 10.7. The zero-order valence-corrected chi connectivity index (χ0v) is 18.0. The SMILES string of the molecule is COCCNC(=O)c1cccc(NC(=O)CNc2ccc(OCc3ccccc3)cc2)c1. The molecule has 0 spiro atoms. The van der Waals surface area contributed by atoms with Crippen molar-refractivity contribution in [3.8, 4) is 5.75 Å². The molecule has 3 aromatic rings. The van der Waals surface area contributed by atoms with Crippen LogP contribution >= 0.6 is 0 Å². The molecule has 0 bridgehead atoms. The van der Waals surface area contributed by atoms with E-state index >= 15 is 0 Å².